The summed E-state index contributed by atoms with van der Waals surface area (Å²) in [5.41, 5.74) is 0.640. The molecule has 0 radical (unpaired) electrons. The number of carbonyl (C=O) groups is 1. The number of carbonyl (C=O) groups excluding carboxylic acids is 1. The van der Waals surface area contributed by atoms with Crippen molar-refractivity contribution < 1.29 is 22.7 Å². The first-order valence-corrected chi connectivity index (χ1v) is 8.06. The van der Waals surface area contributed by atoms with E-state index in [0.29, 0.717) is 30.8 Å². The van der Waals surface area contributed by atoms with Crippen LogP contribution in [0.25, 0.3) is 0 Å². The van der Waals surface area contributed by atoms with Crippen molar-refractivity contribution >= 4 is 6.03 Å². The predicted molar refractivity (Wildman–Crippen MR) is 82.5 cm³/mol. The number of likely N-dealkylation sites (tertiary alicyclic amines) is 1. The lowest BCUT2D eigenvalue weighted by atomic mass is 9.87. The quantitative estimate of drug-likeness (QED) is 0.896. The van der Waals surface area contributed by atoms with Crippen LogP contribution in [0.2, 0.25) is 0 Å². The molecule has 2 saturated heterocycles. The summed E-state index contributed by atoms with van der Waals surface area (Å²) in [7, 11) is 0. The van der Waals surface area contributed by atoms with Crippen molar-refractivity contribution in [3.63, 3.8) is 0 Å². The lowest BCUT2D eigenvalue weighted by Gasteiger charge is -2.22. The van der Waals surface area contributed by atoms with E-state index in [9.17, 15) is 18.0 Å². The number of alkyl halides is 3. The summed E-state index contributed by atoms with van der Waals surface area (Å²) in [6.07, 6.45) is -2.42. The van der Waals surface area contributed by atoms with Crippen LogP contribution < -0.4 is 5.32 Å². The average molecular weight is 342 g/mol. The molecule has 1 aromatic rings. The zero-order chi connectivity index (χ0) is 17.4. The first-order chi connectivity index (χ1) is 11.3. The highest BCUT2D eigenvalue weighted by atomic mass is 19.4. The third kappa shape index (κ3) is 3.50. The smallest absolute Gasteiger partial charge is 0.381 e. The van der Waals surface area contributed by atoms with Crippen LogP contribution in [-0.2, 0) is 17.5 Å². The molecule has 24 heavy (non-hydrogen) atoms. The molecule has 7 heteroatoms. The molecule has 132 valence electrons. The molecular formula is C17H21F3N2O2. The largest absolute Gasteiger partial charge is 0.416 e. The minimum atomic E-state index is -4.35. The van der Waals surface area contributed by atoms with Crippen LogP contribution in [0.4, 0.5) is 18.0 Å². The summed E-state index contributed by atoms with van der Waals surface area (Å²) in [5, 5.41) is 2.81. The molecule has 2 fully saturated rings. The van der Waals surface area contributed by atoms with Gasteiger partial charge in [0.25, 0.3) is 0 Å². The van der Waals surface area contributed by atoms with Crippen LogP contribution in [0, 0.1) is 12.3 Å². The number of nitrogens with one attached hydrogen (secondary N) is 1. The highest BCUT2D eigenvalue weighted by Crippen LogP contribution is 2.38. The van der Waals surface area contributed by atoms with Crippen molar-refractivity contribution in [3.05, 3.63) is 34.9 Å². The molecule has 3 rings (SSSR count). The van der Waals surface area contributed by atoms with Gasteiger partial charge in [-0.05, 0) is 43.0 Å². The second kappa shape index (κ2) is 6.27. The van der Waals surface area contributed by atoms with Crippen molar-refractivity contribution in [1.29, 1.82) is 0 Å². The van der Waals surface area contributed by atoms with E-state index in [4.69, 9.17) is 4.74 Å². The number of amides is 2. The minimum absolute atomic E-state index is 0.0988. The Morgan fingerprint density at radius 1 is 1.38 bits per heavy atom. The Morgan fingerprint density at radius 3 is 2.79 bits per heavy atom. The Bertz CT molecular complexity index is 625. The number of benzene rings is 1. The standard InChI is InChI=1S/C17H21F3N2O2/c1-12-8-14(17(18,19)20)3-2-13(12)9-21-15(23)22-6-4-16(10-22)5-7-24-11-16/h2-3,8H,4-7,9-11H2,1H3,(H,21,23)/t16-/m1/s1. The van der Waals surface area contributed by atoms with Gasteiger partial charge >= 0.3 is 12.2 Å². The lowest BCUT2D eigenvalue weighted by Crippen LogP contribution is -2.39. The third-order valence-electron chi connectivity index (χ3n) is 5.01. The fourth-order valence-electron chi connectivity index (χ4n) is 3.43. The molecule has 0 aromatic heterocycles. The Hall–Kier alpha value is -1.76. The lowest BCUT2D eigenvalue weighted by molar-refractivity contribution is -0.137. The second-order valence-corrected chi connectivity index (χ2v) is 6.77. The van der Waals surface area contributed by atoms with Crippen LogP contribution in [0.5, 0.6) is 0 Å². The Balaban J connectivity index is 1.57. The van der Waals surface area contributed by atoms with E-state index in [1.165, 1.54) is 6.07 Å². The van der Waals surface area contributed by atoms with Gasteiger partial charge in [0.1, 0.15) is 0 Å². The molecule has 0 unspecified atom stereocenters. The fraction of sp³-hybridized carbons (Fsp3) is 0.588. The van der Waals surface area contributed by atoms with Crippen molar-refractivity contribution in [2.45, 2.75) is 32.5 Å². The Labute approximate surface area is 139 Å². The van der Waals surface area contributed by atoms with Crippen LogP contribution in [0.15, 0.2) is 18.2 Å². The number of rotatable bonds is 2. The van der Waals surface area contributed by atoms with Crippen LogP contribution >= 0.6 is 0 Å². The van der Waals surface area contributed by atoms with Gasteiger partial charge in [0.15, 0.2) is 0 Å². The Morgan fingerprint density at radius 2 is 2.17 bits per heavy atom. The second-order valence-electron chi connectivity index (χ2n) is 6.77. The normalized spacial score (nSPS) is 23.9. The number of urea groups is 1. The van der Waals surface area contributed by atoms with E-state index >= 15 is 0 Å². The highest BCUT2D eigenvalue weighted by Gasteiger charge is 2.42. The van der Waals surface area contributed by atoms with Crippen molar-refractivity contribution in [3.8, 4) is 0 Å². The topological polar surface area (TPSA) is 41.6 Å². The molecule has 0 aliphatic carbocycles. The van der Waals surface area contributed by atoms with Gasteiger partial charge in [0.2, 0.25) is 0 Å². The molecule has 1 atom stereocenters. The summed E-state index contributed by atoms with van der Waals surface area (Å²) >= 11 is 0. The number of hydrogen-bond acceptors (Lipinski definition) is 2. The Kier molecular flexibility index (Phi) is 4.46. The van der Waals surface area contributed by atoms with E-state index in [-0.39, 0.29) is 18.0 Å². The van der Waals surface area contributed by atoms with Gasteiger partial charge in [-0.1, -0.05) is 6.07 Å². The summed E-state index contributed by atoms with van der Waals surface area (Å²) < 4.78 is 43.5. The number of halogens is 3. The molecule has 1 spiro atoms. The molecule has 2 aliphatic rings. The van der Waals surface area contributed by atoms with Gasteiger partial charge in [-0.25, -0.2) is 4.79 Å². The molecule has 2 amide bonds. The maximum atomic E-state index is 12.7. The SMILES string of the molecule is Cc1cc(C(F)(F)F)ccc1CNC(=O)N1CC[C@@]2(CCOC2)C1. The molecule has 0 saturated carbocycles. The van der Waals surface area contributed by atoms with Gasteiger partial charge in [-0.3, -0.25) is 0 Å². The summed E-state index contributed by atoms with van der Waals surface area (Å²) in [5.74, 6) is 0. The number of nitrogens with zero attached hydrogens (tertiary/aromatic N) is 1. The van der Waals surface area contributed by atoms with E-state index in [0.717, 1.165) is 31.6 Å². The number of hydrogen-bond donors (Lipinski definition) is 1. The van der Waals surface area contributed by atoms with Crippen molar-refractivity contribution in [1.82, 2.24) is 10.2 Å². The maximum absolute atomic E-state index is 12.7. The summed E-state index contributed by atoms with van der Waals surface area (Å²) in [6, 6.07) is 3.42. The van der Waals surface area contributed by atoms with Crippen LogP contribution in [0.1, 0.15) is 29.5 Å². The van der Waals surface area contributed by atoms with Gasteiger partial charge in [0, 0.05) is 31.7 Å². The van der Waals surface area contributed by atoms with Gasteiger partial charge in [-0.15, -0.1) is 0 Å². The summed E-state index contributed by atoms with van der Waals surface area (Å²) in [4.78, 5) is 14.1. The summed E-state index contributed by atoms with van der Waals surface area (Å²) in [6.45, 7) is 4.68. The average Bonchev–Trinajstić information content (AvgIpc) is 3.15. The highest BCUT2D eigenvalue weighted by molar-refractivity contribution is 5.74. The van der Waals surface area contributed by atoms with E-state index in [1.807, 2.05) is 0 Å². The van der Waals surface area contributed by atoms with Crippen LogP contribution in [0.3, 0.4) is 0 Å². The molecule has 1 aromatic carbocycles. The maximum Gasteiger partial charge on any atom is 0.416 e. The molecule has 2 aliphatic heterocycles. The molecule has 1 N–H and O–H groups in total. The van der Waals surface area contributed by atoms with E-state index in [2.05, 4.69) is 5.32 Å². The number of aryl methyl sites for hydroxylation is 1. The molecule has 4 nitrogen and oxygen atoms in total. The number of ether oxygens (including phenoxy) is 1. The van der Waals surface area contributed by atoms with Gasteiger partial charge in [-0.2, -0.15) is 13.2 Å². The molecular weight excluding hydrogens is 321 g/mol. The van der Waals surface area contributed by atoms with Crippen LogP contribution in [-0.4, -0.2) is 37.2 Å². The monoisotopic (exact) mass is 342 g/mol. The van der Waals surface area contributed by atoms with E-state index < -0.39 is 11.7 Å². The van der Waals surface area contributed by atoms with Gasteiger partial charge < -0.3 is 15.0 Å². The zero-order valence-corrected chi connectivity index (χ0v) is 13.6. The molecule has 2 heterocycles. The third-order valence-corrected chi connectivity index (χ3v) is 5.01. The first kappa shape index (κ1) is 17.1. The van der Waals surface area contributed by atoms with E-state index in [1.54, 1.807) is 11.8 Å². The first-order valence-electron chi connectivity index (χ1n) is 8.06. The predicted octanol–water partition coefficient (Wildman–Crippen LogP) is 3.34. The molecule has 0 bridgehead atoms. The zero-order valence-electron chi connectivity index (χ0n) is 13.6. The van der Waals surface area contributed by atoms with Crippen molar-refractivity contribution in [2.75, 3.05) is 26.3 Å². The van der Waals surface area contributed by atoms with Crippen molar-refractivity contribution in [2.24, 2.45) is 5.41 Å². The fourth-order valence-corrected chi connectivity index (χ4v) is 3.43. The minimum Gasteiger partial charge on any atom is -0.381 e. The van der Waals surface area contributed by atoms with Gasteiger partial charge in [0.05, 0.1) is 12.2 Å².